The summed E-state index contributed by atoms with van der Waals surface area (Å²) in [5.41, 5.74) is 0.655. The van der Waals surface area contributed by atoms with E-state index in [9.17, 15) is 8.78 Å². The number of benzene rings is 1. The highest BCUT2D eigenvalue weighted by Gasteiger charge is 2.30. The Labute approximate surface area is 122 Å². The van der Waals surface area contributed by atoms with Crippen LogP contribution in [-0.2, 0) is 0 Å². The molecule has 0 spiro atoms. The Morgan fingerprint density at radius 3 is 2.33 bits per heavy atom. The van der Waals surface area contributed by atoms with Gasteiger partial charge in [0.05, 0.1) is 6.04 Å². The molecule has 0 aliphatic carbocycles. The summed E-state index contributed by atoms with van der Waals surface area (Å²) in [6.45, 7) is 2.84. The van der Waals surface area contributed by atoms with Crippen molar-refractivity contribution >= 4 is 31.9 Å². The average molecular weight is 384 g/mol. The van der Waals surface area contributed by atoms with Gasteiger partial charge in [0.25, 0.3) is 6.43 Å². The summed E-state index contributed by atoms with van der Waals surface area (Å²) >= 11 is 6.72. The molecule has 100 valence electrons. The average Bonchev–Trinajstić information content (AvgIpc) is 2.35. The van der Waals surface area contributed by atoms with Gasteiger partial charge in [-0.05, 0) is 49.6 Å². The third kappa shape index (κ3) is 3.29. The van der Waals surface area contributed by atoms with Crippen LogP contribution in [0.4, 0.5) is 8.78 Å². The molecule has 0 bridgehead atoms. The molecule has 1 aromatic carbocycles. The summed E-state index contributed by atoms with van der Waals surface area (Å²) in [4.78, 5) is 1.84. The van der Waals surface area contributed by atoms with Crippen molar-refractivity contribution < 1.29 is 8.78 Å². The van der Waals surface area contributed by atoms with Gasteiger partial charge in [0.2, 0.25) is 0 Å². The zero-order valence-electron chi connectivity index (χ0n) is 9.67. The highest BCUT2D eigenvalue weighted by atomic mass is 79.9. The highest BCUT2D eigenvalue weighted by Crippen LogP contribution is 2.32. The van der Waals surface area contributed by atoms with Crippen LogP contribution in [0.25, 0.3) is 0 Å². The van der Waals surface area contributed by atoms with Crippen molar-refractivity contribution in [3.63, 3.8) is 0 Å². The quantitative estimate of drug-likeness (QED) is 0.860. The van der Waals surface area contributed by atoms with E-state index in [-0.39, 0.29) is 0 Å². The Hall–Kier alpha value is -0.0400. The number of nitrogens with zero attached hydrogens (tertiary/aromatic N) is 1. The van der Waals surface area contributed by atoms with Crippen molar-refractivity contribution in [1.82, 2.24) is 10.2 Å². The van der Waals surface area contributed by atoms with Gasteiger partial charge in [0.15, 0.2) is 0 Å². The summed E-state index contributed by atoms with van der Waals surface area (Å²) in [6, 6.07) is 4.50. The minimum Gasteiger partial charge on any atom is -0.314 e. The van der Waals surface area contributed by atoms with Crippen LogP contribution in [0.15, 0.2) is 27.1 Å². The Bertz CT molecular complexity index is 409. The summed E-state index contributed by atoms with van der Waals surface area (Å²) in [7, 11) is 0. The molecule has 6 heteroatoms. The summed E-state index contributed by atoms with van der Waals surface area (Å²) in [5, 5.41) is 3.18. The smallest absolute Gasteiger partial charge is 0.258 e. The van der Waals surface area contributed by atoms with Crippen LogP contribution in [0.2, 0.25) is 0 Å². The molecule has 0 saturated carbocycles. The van der Waals surface area contributed by atoms with Gasteiger partial charge in [-0.15, -0.1) is 0 Å². The fourth-order valence-electron chi connectivity index (χ4n) is 2.17. The summed E-state index contributed by atoms with van der Waals surface area (Å²) in [5.74, 6) is 0. The number of halogens is 4. The molecule has 1 aliphatic heterocycles. The lowest BCUT2D eigenvalue weighted by molar-refractivity contribution is 0.0181. The van der Waals surface area contributed by atoms with Crippen molar-refractivity contribution in [3.8, 4) is 0 Å². The van der Waals surface area contributed by atoms with Crippen LogP contribution < -0.4 is 5.32 Å². The van der Waals surface area contributed by atoms with Crippen molar-refractivity contribution in [2.75, 3.05) is 26.2 Å². The number of nitrogens with one attached hydrogen (secondary N) is 1. The Balaban J connectivity index is 2.25. The lowest BCUT2D eigenvalue weighted by atomic mass is 10.1. The van der Waals surface area contributed by atoms with Crippen molar-refractivity contribution in [2.45, 2.75) is 12.5 Å². The van der Waals surface area contributed by atoms with Gasteiger partial charge in [-0.25, -0.2) is 8.78 Å². The minimum absolute atomic E-state index is 0.655. The maximum atomic E-state index is 13.3. The van der Waals surface area contributed by atoms with Crippen molar-refractivity contribution in [1.29, 1.82) is 0 Å². The molecule has 0 radical (unpaired) electrons. The van der Waals surface area contributed by atoms with E-state index in [0.29, 0.717) is 18.7 Å². The summed E-state index contributed by atoms with van der Waals surface area (Å²) in [6.07, 6.45) is -2.38. The second-order valence-corrected chi connectivity index (χ2v) is 5.95. The van der Waals surface area contributed by atoms with Gasteiger partial charge < -0.3 is 5.32 Å². The first-order valence-corrected chi connectivity index (χ1v) is 7.36. The number of rotatable bonds is 3. The number of hydrogen-bond donors (Lipinski definition) is 1. The fourth-order valence-corrected chi connectivity index (χ4v) is 2.82. The molecule has 1 aromatic rings. The lowest BCUT2D eigenvalue weighted by Crippen LogP contribution is -2.46. The van der Waals surface area contributed by atoms with Crippen LogP contribution in [0.5, 0.6) is 0 Å². The molecule has 0 amide bonds. The summed E-state index contributed by atoms with van der Waals surface area (Å²) < 4.78 is 28.3. The number of piperazine rings is 1. The standard InChI is InChI=1S/C12H14Br2F2N2/c13-9-2-1-8(7-10(9)14)11(12(15)16)18-5-3-17-4-6-18/h1-2,7,11-12,17H,3-6H2/t11-/m0/s1. The zero-order chi connectivity index (χ0) is 13.1. The lowest BCUT2D eigenvalue weighted by Gasteiger charge is -2.34. The number of hydrogen-bond acceptors (Lipinski definition) is 2. The SMILES string of the molecule is FC(F)[C@H](c1ccc(Br)c(Br)c1)N1CCNCC1. The second-order valence-electron chi connectivity index (χ2n) is 4.24. The molecule has 1 N–H and O–H groups in total. The van der Waals surface area contributed by atoms with E-state index in [1.807, 2.05) is 4.90 Å². The van der Waals surface area contributed by atoms with Gasteiger partial charge in [-0.3, -0.25) is 4.90 Å². The molecular formula is C12H14Br2F2N2. The predicted molar refractivity (Wildman–Crippen MR) is 75.0 cm³/mol. The van der Waals surface area contributed by atoms with Crippen LogP contribution in [-0.4, -0.2) is 37.5 Å². The van der Waals surface area contributed by atoms with E-state index in [0.717, 1.165) is 22.0 Å². The monoisotopic (exact) mass is 382 g/mol. The van der Waals surface area contributed by atoms with E-state index in [4.69, 9.17) is 0 Å². The third-order valence-corrected chi connectivity index (χ3v) is 4.95. The molecule has 1 fully saturated rings. The maximum absolute atomic E-state index is 13.3. The van der Waals surface area contributed by atoms with Gasteiger partial charge >= 0.3 is 0 Å². The molecule has 1 atom stereocenters. The maximum Gasteiger partial charge on any atom is 0.258 e. The molecule has 2 nitrogen and oxygen atoms in total. The molecular weight excluding hydrogens is 370 g/mol. The van der Waals surface area contributed by atoms with E-state index < -0.39 is 12.5 Å². The molecule has 1 saturated heterocycles. The molecule has 0 aromatic heterocycles. The van der Waals surface area contributed by atoms with Crippen molar-refractivity contribution in [2.24, 2.45) is 0 Å². The van der Waals surface area contributed by atoms with E-state index in [2.05, 4.69) is 37.2 Å². The second kappa shape index (κ2) is 6.41. The van der Waals surface area contributed by atoms with E-state index in [1.165, 1.54) is 0 Å². The van der Waals surface area contributed by atoms with Gasteiger partial charge in [-0.2, -0.15) is 0 Å². The van der Waals surface area contributed by atoms with Gasteiger partial charge in [0.1, 0.15) is 0 Å². The molecule has 0 unspecified atom stereocenters. The topological polar surface area (TPSA) is 15.3 Å². The molecule has 2 rings (SSSR count). The third-order valence-electron chi connectivity index (χ3n) is 3.07. The largest absolute Gasteiger partial charge is 0.314 e. The number of alkyl halides is 2. The molecule has 1 heterocycles. The van der Waals surface area contributed by atoms with Gasteiger partial charge in [-0.1, -0.05) is 6.07 Å². The fraction of sp³-hybridized carbons (Fsp3) is 0.500. The van der Waals surface area contributed by atoms with Crippen LogP contribution in [0.3, 0.4) is 0 Å². The Kier molecular flexibility index (Phi) is 5.12. The Morgan fingerprint density at radius 2 is 1.78 bits per heavy atom. The van der Waals surface area contributed by atoms with Gasteiger partial charge in [0, 0.05) is 35.1 Å². The van der Waals surface area contributed by atoms with E-state index >= 15 is 0 Å². The first kappa shape index (κ1) is 14.4. The van der Waals surface area contributed by atoms with Crippen LogP contribution >= 0.6 is 31.9 Å². The molecule has 1 aliphatic rings. The van der Waals surface area contributed by atoms with Crippen LogP contribution in [0, 0.1) is 0 Å². The first-order valence-electron chi connectivity index (χ1n) is 5.77. The zero-order valence-corrected chi connectivity index (χ0v) is 12.8. The first-order chi connectivity index (χ1) is 8.59. The van der Waals surface area contributed by atoms with E-state index in [1.54, 1.807) is 18.2 Å². The van der Waals surface area contributed by atoms with Crippen LogP contribution in [0.1, 0.15) is 11.6 Å². The molecule has 18 heavy (non-hydrogen) atoms. The van der Waals surface area contributed by atoms with Crippen molar-refractivity contribution in [3.05, 3.63) is 32.7 Å². The Morgan fingerprint density at radius 1 is 1.11 bits per heavy atom. The highest BCUT2D eigenvalue weighted by molar-refractivity contribution is 9.13. The minimum atomic E-state index is -2.38. The predicted octanol–water partition coefficient (Wildman–Crippen LogP) is 3.42. The normalized spacial score (nSPS) is 19.2.